The molecule has 0 radical (unpaired) electrons. The predicted molar refractivity (Wildman–Crippen MR) is 153 cm³/mol. The molecule has 0 atom stereocenters. The molecule has 194 valence electrons. The Morgan fingerprint density at radius 2 is 1.89 bits per heavy atom. The number of pyridine rings is 1. The Morgan fingerprint density at radius 1 is 1.03 bits per heavy atom. The van der Waals surface area contributed by atoms with Crippen LogP contribution >= 0.6 is 0 Å². The summed E-state index contributed by atoms with van der Waals surface area (Å²) in [6.45, 7) is 6.22. The molecule has 0 unspecified atom stereocenters. The summed E-state index contributed by atoms with van der Waals surface area (Å²) in [5.74, 6) is 0.780. The van der Waals surface area contributed by atoms with Gasteiger partial charge in [-0.3, -0.25) is 14.9 Å². The number of nitrogens with zero attached hydrogens (tertiary/aromatic N) is 4. The highest BCUT2D eigenvalue weighted by Gasteiger charge is 2.19. The van der Waals surface area contributed by atoms with Gasteiger partial charge in [0.2, 0.25) is 5.91 Å². The Kier molecular flexibility index (Phi) is 6.54. The maximum atomic E-state index is 12.3. The molecule has 38 heavy (non-hydrogen) atoms. The highest BCUT2D eigenvalue weighted by molar-refractivity contribution is 5.98. The number of hydrogen-bond acceptors (Lipinski definition) is 5. The Bertz CT molecular complexity index is 1610. The molecule has 8 heteroatoms. The average molecular weight is 508 g/mol. The molecule has 0 spiro atoms. The van der Waals surface area contributed by atoms with Gasteiger partial charge in [0.05, 0.1) is 29.1 Å². The van der Waals surface area contributed by atoms with Crippen LogP contribution in [0, 0.1) is 6.92 Å². The Labute approximate surface area is 221 Å². The van der Waals surface area contributed by atoms with E-state index in [9.17, 15) is 4.79 Å². The van der Waals surface area contributed by atoms with E-state index in [1.165, 1.54) is 19.3 Å². The van der Waals surface area contributed by atoms with Crippen molar-refractivity contribution in [3.8, 4) is 22.6 Å². The van der Waals surface area contributed by atoms with Gasteiger partial charge in [0.1, 0.15) is 11.2 Å². The van der Waals surface area contributed by atoms with E-state index in [-0.39, 0.29) is 5.91 Å². The Morgan fingerprint density at radius 3 is 2.74 bits per heavy atom. The Hall–Kier alpha value is -4.20. The lowest BCUT2D eigenvalue weighted by atomic mass is 10.0. The fourth-order valence-corrected chi connectivity index (χ4v) is 5.35. The Balaban J connectivity index is 1.36. The van der Waals surface area contributed by atoms with Gasteiger partial charge < -0.3 is 15.2 Å². The van der Waals surface area contributed by atoms with Gasteiger partial charge >= 0.3 is 0 Å². The van der Waals surface area contributed by atoms with E-state index in [1.54, 1.807) is 0 Å². The molecular formula is C30H33N7O. The topological polar surface area (TPSA) is 103 Å². The molecule has 1 aliphatic heterocycles. The van der Waals surface area contributed by atoms with Crippen LogP contribution in [-0.4, -0.2) is 44.1 Å². The van der Waals surface area contributed by atoms with E-state index in [2.05, 4.69) is 62.4 Å². The van der Waals surface area contributed by atoms with Crippen LogP contribution in [0.3, 0.4) is 0 Å². The monoisotopic (exact) mass is 507 g/mol. The number of rotatable bonds is 7. The summed E-state index contributed by atoms with van der Waals surface area (Å²) in [5, 5.41) is 11.8. The zero-order chi connectivity index (χ0) is 26.1. The lowest BCUT2D eigenvalue weighted by molar-refractivity contribution is -0.116. The van der Waals surface area contributed by atoms with Gasteiger partial charge in [-0.2, -0.15) is 5.10 Å². The number of unbranched alkanes of at least 4 members (excludes halogenated alkanes) is 1. The van der Waals surface area contributed by atoms with E-state index in [1.807, 2.05) is 30.6 Å². The molecule has 1 saturated heterocycles. The third-order valence-electron chi connectivity index (χ3n) is 7.31. The number of aromatic amines is 2. The van der Waals surface area contributed by atoms with Crippen molar-refractivity contribution in [2.24, 2.45) is 0 Å². The van der Waals surface area contributed by atoms with Gasteiger partial charge in [0.15, 0.2) is 5.82 Å². The summed E-state index contributed by atoms with van der Waals surface area (Å²) in [6, 6.07) is 12.5. The number of aryl methyl sites for hydroxylation is 1. The van der Waals surface area contributed by atoms with E-state index in [0.29, 0.717) is 6.42 Å². The van der Waals surface area contributed by atoms with Crippen molar-refractivity contribution in [3.05, 3.63) is 54.4 Å². The number of anilines is 2. The van der Waals surface area contributed by atoms with Crippen LogP contribution in [0.4, 0.5) is 11.4 Å². The van der Waals surface area contributed by atoms with Gasteiger partial charge in [-0.05, 0) is 73.6 Å². The average Bonchev–Trinajstić information content (AvgIpc) is 3.55. The number of piperidine rings is 1. The van der Waals surface area contributed by atoms with Crippen molar-refractivity contribution in [1.82, 2.24) is 25.1 Å². The first kappa shape index (κ1) is 24.2. The van der Waals surface area contributed by atoms with Crippen LogP contribution in [0.2, 0.25) is 0 Å². The molecule has 0 saturated carbocycles. The minimum Gasteiger partial charge on any atom is -0.368 e. The number of imidazole rings is 1. The lowest BCUT2D eigenvalue weighted by Gasteiger charge is -2.28. The molecule has 0 aliphatic carbocycles. The molecule has 6 rings (SSSR count). The minimum atomic E-state index is 0.0549. The second-order valence-corrected chi connectivity index (χ2v) is 10.3. The van der Waals surface area contributed by atoms with Crippen molar-refractivity contribution in [3.63, 3.8) is 0 Å². The van der Waals surface area contributed by atoms with Gasteiger partial charge in [-0.25, -0.2) is 4.98 Å². The van der Waals surface area contributed by atoms with Crippen molar-refractivity contribution in [2.75, 3.05) is 23.3 Å². The summed E-state index contributed by atoms with van der Waals surface area (Å²) >= 11 is 0. The molecule has 3 aromatic heterocycles. The minimum absolute atomic E-state index is 0.0549. The third-order valence-corrected chi connectivity index (χ3v) is 7.31. The fraction of sp³-hybridized carbons (Fsp3) is 0.333. The zero-order valence-corrected chi connectivity index (χ0v) is 22.0. The van der Waals surface area contributed by atoms with Crippen molar-refractivity contribution in [1.29, 1.82) is 0 Å². The second-order valence-electron chi connectivity index (χ2n) is 10.3. The number of aromatic nitrogens is 5. The number of hydrogen-bond donors (Lipinski definition) is 3. The summed E-state index contributed by atoms with van der Waals surface area (Å²) in [4.78, 5) is 27.7. The first-order valence-corrected chi connectivity index (χ1v) is 13.6. The smallest absolute Gasteiger partial charge is 0.224 e. The molecule has 1 aliphatic rings. The first-order valence-electron chi connectivity index (χ1n) is 13.6. The SMILES string of the molecule is CCCCC(=O)Nc1cc(C)cc(-c2ccc3[nH]nc(-c4nc5c(N6CCCCC6)cncc5[nH]4)c3c2)c1. The molecular weight excluding hydrogens is 474 g/mol. The highest BCUT2D eigenvalue weighted by atomic mass is 16.1. The van der Waals surface area contributed by atoms with E-state index < -0.39 is 0 Å². The van der Waals surface area contributed by atoms with Crippen LogP contribution in [-0.2, 0) is 4.79 Å². The number of H-pyrrole nitrogens is 2. The van der Waals surface area contributed by atoms with E-state index >= 15 is 0 Å². The first-order chi connectivity index (χ1) is 18.6. The number of fused-ring (bicyclic) bond motifs is 2. The number of amides is 1. The summed E-state index contributed by atoms with van der Waals surface area (Å²) in [5.41, 5.74) is 8.68. The molecule has 1 fully saturated rings. The molecule has 2 aromatic carbocycles. The maximum Gasteiger partial charge on any atom is 0.224 e. The third kappa shape index (κ3) is 4.74. The number of carbonyl (C=O) groups excluding carboxylic acids is 1. The van der Waals surface area contributed by atoms with Gasteiger partial charge in [0.25, 0.3) is 0 Å². The molecule has 1 amide bonds. The van der Waals surface area contributed by atoms with Crippen molar-refractivity contribution < 1.29 is 4.79 Å². The molecule has 5 aromatic rings. The normalized spacial score (nSPS) is 13.9. The predicted octanol–water partition coefficient (Wildman–Crippen LogP) is 6.60. The highest BCUT2D eigenvalue weighted by Crippen LogP contribution is 2.34. The van der Waals surface area contributed by atoms with E-state index in [0.717, 1.165) is 87.5 Å². The molecule has 0 bridgehead atoms. The van der Waals surface area contributed by atoms with Crippen LogP contribution in [0.15, 0.2) is 48.8 Å². The lowest BCUT2D eigenvalue weighted by Crippen LogP contribution is -2.29. The van der Waals surface area contributed by atoms with Gasteiger partial charge in [-0.1, -0.05) is 25.5 Å². The fourth-order valence-electron chi connectivity index (χ4n) is 5.35. The summed E-state index contributed by atoms with van der Waals surface area (Å²) in [7, 11) is 0. The number of nitrogens with one attached hydrogen (secondary N) is 3. The van der Waals surface area contributed by atoms with Gasteiger partial charge in [0, 0.05) is 30.6 Å². The number of carbonyl (C=O) groups is 1. The van der Waals surface area contributed by atoms with Crippen molar-refractivity contribution in [2.45, 2.75) is 52.4 Å². The largest absolute Gasteiger partial charge is 0.368 e. The van der Waals surface area contributed by atoms with Crippen LogP contribution in [0.5, 0.6) is 0 Å². The van der Waals surface area contributed by atoms with Crippen LogP contribution < -0.4 is 10.2 Å². The molecule has 4 heterocycles. The van der Waals surface area contributed by atoms with Gasteiger partial charge in [-0.15, -0.1) is 0 Å². The standard InChI is InChI=1S/C30H33N7O/c1-3-4-8-27(38)32-22-14-19(2)13-21(15-22)20-9-10-24-23(16-20)28(36-35-24)30-33-25-17-31-18-26(29(25)34-30)37-11-6-5-7-12-37/h9-10,13-18H,3-8,11-12H2,1-2H3,(H,32,38)(H,33,34)(H,35,36). The molecule has 8 nitrogen and oxygen atoms in total. The van der Waals surface area contributed by atoms with E-state index in [4.69, 9.17) is 4.98 Å². The van der Waals surface area contributed by atoms with Crippen molar-refractivity contribution >= 4 is 39.2 Å². The van der Waals surface area contributed by atoms with Crippen LogP contribution in [0.1, 0.15) is 51.0 Å². The number of benzene rings is 2. The summed E-state index contributed by atoms with van der Waals surface area (Å²) in [6.07, 6.45) is 9.87. The quantitative estimate of drug-likeness (QED) is 0.230. The zero-order valence-electron chi connectivity index (χ0n) is 22.0. The molecule has 3 N–H and O–H groups in total. The van der Waals surface area contributed by atoms with Crippen LogP contribution in [0.25, 0.3) is 44.6 Å². The maximum absolute atomic E-state index is 12.3. The summed E-state index contributed by atoms with van der Waals surface area (Å²) < 4.78 is 0. The second kappa shape index (κ2) is 10.3.